The summed E-state index contributed by atoms with van der Waals surface area (Å²) >= 11 is 3.28. The molecule has 0 aromatic heterocycles. The Kier molecular flexibility index (Phi) is 4.89. The molecule has 1 rings (SSSR count). The highest BCUT2D eigenvalue weighted by Crippen LogP contribution is 2.19. The molecule has 3 atom stereocenters. The van der Waals surface area contributed by atoms with Gasteiger partial charge in [-0.3, -0.25) is 10.1 Å². The lowest BCUT2D eigenvalue weighted by Crippen LogP contribution is -2.43. The fourth-order valence-corrected chi connectivity index (χ4v) is 1.80. The second-order valence-corrected chi connectivity index (χ2v) is 4.71. The van der Waals surface area contributed by atoms with E-state index in [1.165, 1.54) is 6.92 Å². The van der Waals surface area contributed by atoms with Gasteiger partial charge in [0.05, 0.1) is 0 Å². The summed E-state index contributed by atoms with van der Waals surface area (Å²) in [5.41, 5.74) is 0. The highest BCUT2D eigenvalue weighted by Gasteiger charge is 2.34. The van der Waals surface area contributed by atoms with Crippen molar-refractivity contribution in [3.63, 3.8) is 0 Å². The van der Waals surface area contributed by atoms with Gasteiger partial charge >= 0.3 is 0 Å². The third-order valence-corrected chi connectivity index (χ3v) is 2.88. The van der Waals surface area contributed by atoms with Gasteiger partial charge in [0.15, 0.2) is 6.10 Å². The topological polar surface area (TPSA) is 72.6 Å². The van der Waals surface area contributed by atoms with E-state index in [0.29, 0.717) is 5.75 Å². The number of aliphatic hydroxyl groups excluding tert-OH is 1. The van der Waals surface area contributed by atoms with Gasteiger partial charge in [-0.25, -0.2) is 0 Å². The number of ether oxygens (including phenoxy) is 1. The monoisotopic (exact) mass is 303 g/mol. The van der Waals surface area contributed by atoms with Crippen LogP contribution in [0.2, 0.25) is 0 Å². The number of nitrogens with zero attached hydrogens (tertiary/aromatic N) is 1. The van der Waals surface area contributed by atoms with E-state index in [0.717, 1.165) is 4.47 Å². The number of nitro groups is 1. The molecule has 0 bridgehead atoms. The number of aliphatic hydroxyl groups is 1. The van der Waals surface area contributed by atoms with Crippen molar-refractivity contribution in [2.45, 2.75) is 32.1 Å². The number of hydrogen-bond donors (Lipinski definition) is 1. The van der Waals surface area contributed by atoms with Crippen molar-refractivity contribution in [1.82, 2.24) is 0 Å². The van der Waals surface area contributed by atoms with Crippen LogP contribution in [0.1, 0.15) is 13.8 Å². The summed E-state index contributed by atoms with van der Waals surface area (Å²) in [5, 5.41) is 20.1. The molecule has 0 heterocycles. The van der Waals surface area contributed by atoms with Gasteiger partial charge in [-0.1, -0.05) is 15.9 Å². The third-order valence-electron chi connectivity index (χ3n) is 2.35. The summed E-state index contributed by atoms with van der Waals surface area (Å²) in [6, 6.07) is 5.84. The molecular weight excluding hydrogens is 290 g/mol. The van der Waals surface area contributed by atoms with Crippen LogP contribution in [0.25, 0.3) is 0 Å². The van der Waals surface area contributed by atoms with Gasteiger partial charge in [0.2, 0.25) is 0 Å². The zero-order chi connectivity index (χ0) is 13.0. The maximum absolute atomic E-state index is 10.8. The lowest BCUT2D eigenvalue weighted by atomic mass is 10.1. The minimum absolute atomic E-state index is 0.520. The Hall–Kier alpha value is -1.14. The van der Waals surface area contributed by atoms with Crippen molar-refractivity contribution >= 4 is 15.9 Å². The van der Waals surface area contributed by atoms with Crippen LogP contribution in [0.3, 0.4) is 0 Å². The van der Waals surface area contributed by atoms with Crippen LogP contribution in [-0.2, 0) is 0 Å². The van der Waals surface area contributed by atoms with Gasteiger partial charge in [-0.15, -0.1) is 0 Å². The molecule has 17 heavy (non-hydrogen) atoms. The summed E-state index contributed by atoms with van der Waals surface area (Å²) in [5.74, 6) is 0.535. The molecule has 0 saturated carbocycles. The Morgan fingerprint density at radius 1 is 1.35 bits per heavy atom. The number of hydrogen-bond acceptors (Lipinski definition) is 4. The summed E-state index contributed by atoms with van der Waals surface area (Å²) < 4.78 is 6.33. The molecule has 0 radical (unpaired) electrons. The molecule has 1 N–H and O–H groups in total. The zero-order valence-corrected chi connectivity index (χ0v) is 11.1. The summed E-state index contributed by atoms with van der Waals surface area (Å²) in [4.78, 5) is 10.3. The third kappa shape index (κ3) is 3.98. The molecule has 0 fully saturated rings. The van der Waals surface area contributed by atoms with E-state index in [1.807, 2.05) is 0 Å². The fraction of sp³-hybridized carbons (Fsp3) is 0.455. The van der Waals surface area contributed by atoms with Crippen molar-refractivity contribution in [1.29, 1.82) is 0 Å². The number of halogens is 1. The Labute approximate surface area is 108 Å². The predicted molar refractivity (Wildman–Crippen MR) is 66.7 cm³/mol. The van der Waals surface area contributed by atoms with Gasteiger partial charge in [-0.05, 0) is 38.1 Å². The smallest absolute Gasteiger partial charge is 0.274 e. The van der Waals surface area contributed by atoms with E-state index in [2.05, 4.69) is 15.9 Å². The van der Waals surface area contributed by atoms with Gasteiger partial charge in [0, 0.05) is 9.40 Å². The van der Waals surface area contributed by atoms with Crippen molar-refractivity contribution in [2.24, 2.45) is 0 Å². The van der Waals surface area contributed by atoms with Crippen molar-refractivity contribution in [3.05, 3.63) is 38.9 Å². The highest BCUT2D eigenvalue weighted by atomic mass is 79.9. The lowest BCUT2D eigenvalue weighted by Gasteiger charge is -2.20. The lowest BCUT2D eigenvalue weighted by molar-refractivity contribution is -0.543. The highest BCUT2D eigenvalue weighted by molar-refractivity contribution is 9.10. The number of benzene rings is 1. The second kappa shape index (κ2) is 5.97. The molecule has 0 amide bonds. The first-order chi connectivity index (χ1) is 7.91. The summed E-state index contributed by atoms with van der Waals surface area (Å²) in [6.07, 6.45) is -1.76. The Bertz CT molecular complexity index is 380. The average Bonchev–Trinajstić information content (AvgIpc) is 2.20. The van der Waals surface area contributed by atoms with E-state index < -0.39 is 23.2 Å². The molecule has 0 saturated heterocycles. The summed E-state index contributed by atoms with van der Waals surface area (Å²) in [6.45, 7) is 2.96. The Morgan fingerprint density at radius 3 is 2.29 bits per heavy atom. The van der Waals surface area contributed by atoms with E-state index in [9.17, 15) is 15.2 Å². The van der Waals surface area contributed by atoms with Crippen LogP contribution in [0.15, 0.2) is 28.7 Å². The molecule has 6 heteroatoms. The maximum Gasteiger partial charge on any atom is 0.274 e. The van der Waals surface area contributed by atoms with Crippen LogP contribution in [0, 0.1) is 10.1 Å². The summed E-state index contributed by atoms with van der Waals surface area (Å²) in [7, 11) is 0. The SMILES string of the molecule is CC(O)C(C(C)Oc1ccc(Br)cc1)[N+](=O)[O-]. The number of rotatable bonds is 5. The molecule has 1 aromatic rings. The van der Waals surface area contributed by atoms with Crippen molar-refractivity contribution in [2.75, 3.05) is 0 Å². The maximum atomic E-state index is 10.8. The average molecular weight is 304 g/mol. The van der Waals surface area contributed by atoms with E-state index in [-0.39, 0.29) is 0 Å². The Morgan fingerprint density at radius 2 is 1.88 bits per heavy atom. The largest absolute Gasteiger partial charge is 0.483 e. The van der Waals surface area contributed by atoms with Crippen LogP contribution in [-0.4, -0.2) is 28.3 Å². The molecule has 1 aromatic carbocycles. The standard InChI is InChI=1S/C11H14BrNO4/c1-7(14)11(13(15)16)8(2)17-10-5-3-9(12)4-6-10/h3-8,11,14H,1-2H3. The van der Waals surface area contributed by atoms with E-state index in [4.69, 9.17) is 4.74 Å². The normalized spacial score (nSPS) is 16.0. The van der Waals surface area contributed by atoms with Crippen LogP contribution < -0.4 is 4.74 Å². The predicted octanol–water partition coefficient (Wildman–Crippen LogP) is 2.24. The van der Waals surface area contributed by atoms with Gasteiger partial charge in [-0.2, -0.15) is 0 Å². The second-order valence-electron chi connectivity index (χ2n) is 3.79. The molecule has 0 aliphatic rings. The van der Waals surface area contributed by atoms with Crippen molar-refractivity contribution < 1.29 is 14.8 Å². The van der Waals surface area contributed by atoms with Crippen LogP contribution >= 0.6 is 15.9 Å². The van der Waals surface area contributed by atoms with E-state index >= 15 is 0 Å². The first kappa shape index (κ1) is 13.9. The quantitative estimate of drug-likeness (QED) is 0.669. The minimum Gasteiger partial charge on any atom is -0.483 e. The van der Waals surface area contributed by atoms with Gasteiger partial charge in [0.25, 0.3) is 6.04 Å². The van der Waals surface area contributed by atoms with E-state index in [1.54, 1.807) is 31.2 Å². The fourth-order valence-electron chi connectivity index (χ4n) is 1.54. The van der Waals surface area contributed by atoms with Crippen molar-refractivity contribution in [3.8, 4) is 5.75 Å². The first-order valence-electron chi connectivity index (χ1n) is 5.15. The van der Waals surface area contributed by atoms with Crippen LogP contribution in [0.4, 0.5) is 0 Å². The molecular formula is C11H14BrNO4. The van der Waals surface area contributed by atoms with Gasteiger partial charge in [0.1, 0.15) is 11.9 Å². The molecule has 3 unspecified atom stereocenters. The molecule has 94 valence electrons. The molecule has 0 aliphatic heterocycles. The first-order valence-corrected chi connectivity index (χ1v) is 5.95. The minimum atomic E-state index is -1.14. The molecule has 0 spiro atoms. The van der Waals surface area contributed by atoms with Crippen LogP contribution in [0.5, 0.6) is 5.75 Å². The molecule has 5 nitrogen and oxygen atoms in total. The molecule has 0 aliphatic carbocycles. The zero-order valence-electron chi connectivity index (χ0n) is 9.54. The van der Waals surface area contributed by atoms with Gasteiger partial charge < -0.3 is 9.84 Å². The Balaban J connectivity index is 2.73.